The molecule has 7 heteroatoms. The third-order valence-corrected chi connectivity index (χ3v) is 4.78. The molecule has 0 aliphatic heterocycles. The van der Waals surface area contributed by atoms with Gasteiger partial charge in [-0.15, -0.1) is 0 Å². The van der Waals surface area contributed by atoms with Gasteiger partial charge in [0.2, 0.25) is 5.88 Å². The van der Waals surface area contributed by atoms with Gasteiger partial charge in [0.1, 0.15) is 5.56 Å². The Hall–Kier alpha value is -2.83. The normalized spacial score (nSPS) is 15.8. The molecule has 0 bridgehead atoms. The van der Waals surface area contributed by atoms with E-state index in [1.807, 2.05) is 37.3 Å². The summed E-state index contributed by atoms with van der Waals surface area (Å²) in [5.41, 5.74) is 2.95. The van der Waals surface area contributed by atoms with Crippen LogP contribution in [0.3, 0.4) is 0 Å². The number of hydrazone groups is 1. The van der Waals surface area contributed by atoms with Crippen molar-refractivity contribution < 1.29 is 5.11 Å². The number of benzene rings is 1. The number of nitrogens with zero attached hydrogens (tertiary/aromatic N) is 2. The molecule has 0 spiro atoms. The molecule has 1 aliphatic rings. The van der Waals surface area contributed by atoms with Crippen molar-refractivity contribution in [3.63, 3.8) is 0 Å². The molecule has 1 saturated carbocycles. The zero-order chi connectivity index (χ0) is 18.5. The lowest BCUT2D eigenvalue weighted by Crippen LogP contribution is -2.36. The summed E-state index contributed by atoms with van der Waals surface area (Å²) in [5, 5.41) is 15.0. The minimum atomic E-state index is -0.616. The van der Waals surface area contributed by atoms with Gasteiger partial charge in [-0.05, 0) is 31.4 Å². The van der Waals surface area contributed by atoms with Gasteiger partial charge in [0.15, 0.2) is 0 Å². The molecule has 26 heavy (non-hydrogen) atoms. The summed E-state index contributed by atoms with van der Waals surface area (Å²) in [4.78, 5) is 27.0. The van der Waals surface area contributed by atoms with Gasteiger partial charge in [0.05, 0.1) is 11.4 Å². The number of hydrogen-bond donors (Lipinski definition) is 3. The smallest absolute Gasteiger partial charge is 0.331 e. The van der Waals surface area contributed by atoms with E-state index < -0.39 is 11.2 Å². The standard InChI is InChI=1S/C19H24N4O3/c1-2-15(22-21-13-9-5-3-6-10-13)16-17(24)20-19(26)23(18(16)25)14-11-7-4-8-12-14/h3,5-6,9-10,14,21,25H,2,4,7-8,11-12H2,1H3,(H,20,24,26)/b22-15+. The zero-order valence-corrected chi connectivity index (χ0v) is 14.9. The fourth-order valence-corrected chi connectivity index (χ4v) is 3.43. The summed E-state index contributed by atoms with van der Waals surface area (Å²) in [6, 6.07) is 9.25. The van der Waals surface area contributed by atoms with Crippen LogP contribution in [0.5, 0.6) is 5.88 Å². The van der Waals surface area contributed by atoms with Gasteiger partial charge in [0, 0.05) is 6.04 Å². The van der Waals surface area contributed by atoms with Crippen LogP contribution in [0.25, 0.3) is 0 Å². The second-order valence-corrected chi connectivity index (χ2v) is 6.51. The topological polar surface area (TPSA) is 99.5 Å². The van der Waals surface area contributed by atoms with E-state index in [-0.39, 0.29) is 17.5 Å². The van der Waals surface area contributed by atoms with Crippen LogP contribution in [0.2, 0.25) is 0 Å². The van der Waals surface area contributed by atoms with E-state index in [1.165, 1.54) is 4.57 Å². The molecule has 138 valence electrons. The van der Waals surface area contributed by atoms with E-state index in [1.54, 1.807) is 0 Å². The van der Waals surface area contributed by atoms with Crippen LogP contribution >= 0.6 is 0 Å². The Morgan fingerprint density at radius 3 is 2.58 bits per heavy atom. The van der Waals surface area contributed by atoms with Crippen molar-refractivity contribution in [1.29, 1.82) is 0 Å². The van der Waals surface area contributed by atoms with Crippen LogP contribution in [0.15, 0.2) is 45.0 Å². The van der Waals surface area contributed by atoms with Crippen molar-refractivity contribution in [2.75, 3.05) is 5.43 Å². The van der Waals surface area contributed by atoms with E-state index in [0.29, 0.717) is 12.1 Å². The van der Waals surface area contributed by atoms with E-state index in [0.717, 1.165) is 37.8 Å². The second-order valence-electron chi connectivity index (χ2n) is 6.51. The molecule has 1 aromatic heterocycles. The van der Waals surface area contributed by atoms with Crippen LogP contribution in [0.4, 0.5) is 5.69 Å². The predicted octanol–water partition coefficient (Wildman–Crippen LogP) is 2.97. The Kier molecular flexibility index (Phi) is 5.55. The summed E-state index contributed by atoms with van der Waals surface area (Å²) in [7, 11) is 0. The third kappa shape index (κ3) is 3.71. The quantitative estimate of drug-likeness (QED) is 0.566. The highest BCUT2D eigenvalue weighted by Gasteiger charge is 2.24. The third-order valence-electron chi connectivity index (χ3n) is 4.78. The SMILES string of the molecule is CC/C(=N\Nc1ccccc1)c1c(O)n(C2CCCCC2)c(=O)[nH]c1=O. The van der Waals surface area contributed by atoms with E-state index in [2.05, 4.69) is 15.5 Å². The van der Waals surface area contributed by atoms with Crippen LogP contribution in [0.1, 0.15) is 57.1 Å². The molecule has 2 aromatic rings. The maximum atomic E-state index is 12.4. The first-order chi connectivity index (χ1) is 12.6. The number of nitrogens with one attached hydrogen (secondary N) is 2. The largest absolute Gasteiger partial charge is 0.494 e. The Morgan fingerprint density at radius 1 is 1.23 bits per heavy atom. The molecule has 0 radical (unpaired) electrons. The van der Waals surface area contributed by atoms with Gasteiger partial charge < -0.3 is 5.11 Å². The van der Waals surface area contributed by atoms with Crippen molar-refractivity contribution in [1.82, 2.24) is 9.55 Å². The van der Waals surface area contributed by atoms with E-state index in [4.69, 9.17) is 0 Å². The molecule has 0 saturated heterocycles. The van der Waals surface area contributed by atoms with Crippen LogP contribution in [-0.4, -0.2) is 20.4 Å². The zero-order valence-electron chi connectivity index (χ0n) is 14.9. The molecule has 0 atom stereocenters. The van der Waals surface area contributed by atoms with Crippen molar-refractivity contribution in [2.45, 2.75) is 51.5 Å². The molecule has 1 aromatic carbocycles. The van der Waals surface area contributed by atoms with Crippen molar-refractivity contribution in [2.24, 2.45) is 5.10 Å². The first-order valence-corrected chi connectivity index (χ1v) is 9.07. The summed E-state index contributed by atoms with van der Waals surface area (Å²) >= 11 is 0. The first-order valence-electron chi connectivity index (χ1n) is 9.07. The second kappa shape index (κ2) is 8.03. The summed E-state index contributed by atoms with van der Waals surface area (Å²) in [6.07, 6.45) is 5.22. The van der Waals surface area contributed by atoms with Gasteiger partial charge in [-0.2, -0.15) is 5.10 Å². The van der Waals surface area contributed by atoms with Crippen LogP contribution in [-0.2, 0) is 0 Å². The van der Waals surface area contributed by atoms with Gasteiger partial charge in [-0.25, -0.2) is 4.79 Å². The molecule has 0 unspecified atom stereocenters. The van der Waals surface area contributed by atoms with E-state index >= 15 is 0 Å². The average Bonchev–Trinajstić information content (AvgIpc) is 2.65. The number of aromatic amines is 1. The fraction of sp³-hybridized carbons (Fsp3) is 0.421. The lowest BCUT2D eigenvalue weighted by atomic mass is 9.95. The first kappa shape index (κ1) is 18.0. The Labute approximate surface area is 151 Å². The molecule has 7 nitrogen and oxygen atoms in total. The average molecular weight is 356 g/mol. The number of H-pyrrole nitrogens is 1. The molecule has 3 rings (SSSR count). The lowest BCUT2D eigenvalue weighted by molar-refractivity contribution is 0.298. The predicted molar refractivity (Wildman–Crippen MR) is 102 cm³/mol. The molecular weight excluding hydrogens is 332 g/mol. The molecule has 1 fully saturated rings. The molecular formula is C19H24N4O3. The van der Waals surface area contributed by atoms with Gasteiger partial charge in [0.25, 0.3) is 5.56 Å². The van der Waals surface area contributed by atoms with Crippen LogP contribution in [0, 0.1) is 0 Å². The minimum Gasteiger partial charge on any atom is -0.494 e. The number of aromatic hydroxyl groups is 1. The summed E-state index contributed by atoms with van der Waals surface area (Å²) in [6.45, 7) is 1.85. The number of hydrogen-bond acceptors (Lipinski definition) is 5. The van der Waals surface area contributed by atoms with Crippen molar-refractivity contribution in [3.05, 3.63) is 56.7 Å². The minimum absolute atomic E-state index is 0.0566. The Morgan fingerprint density at radius 2 is 1.92 bits per heavy atom. The van der Waals surface area contributed by atoms with Crippen molar-refractivity contribution in [3.8, 4) is 5.88 Å². The van der Waals surface area contributed by atoms with Gasteiger partial charge >= 0.3 is 5.69 Å². The fourth-order valence-electron chi connectivity index (χ4n) is 3.43. The highest BCUT2D eigenvalue weighted by atomic mass is 16.3. The lowest BCUT2D eigenvalue weighted by Gasteiger charge is -2.25. The molecule has 0 amide bonds. The Balaban J connectivity index is 2.02. The number of aromatic nitrogens is 2. The number of anilines is 1. The molecule has 1 aliphatic carbocycles. The molecule has 1 heterocycles. The number of para-hydroxylation sites is 1. The van der Waals surface area contributed by atoms with Crippen LogP contribution < -0.4 is 16.7 Å². The van der Waals surface area contributed by atoms with Gasteiger partial charge in [-0.1, -0.05) is 44.4 Å². The maximum absolute atomic E-state index is 12.4. The highest BCUT2D eigenvalue weighted by molar-refractivity contribution is 6.02. The van der Waals surface area contributed by atoms with Gasteiger partial charge in [-0.3, -0.25) is 19.8 Å². The Bertz CT molecular complexity index is 893. The number of rotatable bonds is 5. The summed E-state index contributed by atoms with van der Waals surface area (Å²) < 4.78 is 1.32. The highest BCUT2D eigenvalue weighted by Crippen LogP contribution is 2.30. The monoisotopic (exact) mass is 356 g/mol. The summed E-state index contributed by atoms with van der Waals surface area (Å²) in [5.74, 6) is -0.291. The maximum Gasteiger partial charge on any atom is 0.331 e. The van der Waals surface area contributed by atoms with E-state index in [9.17, 15) is 14.7 Å². The van der Waals surface area contributed by atoms with Crippen molar-refractivity contribution >= 4 is 11.4 Å². The molecule has 3 N–H and O–H groups in total.